The average Bonchev–Trinajstić information content (AvgIpc) is 2.41. The third-order valence-corrected chi connectivity index (χ3v) is 2.60. The minimum atomic E-state index is -4.53. The number of hydrogen-bond donors (Lipinski definition) is 2. The summed E-state index contributed by atoms with van der Waals surface area (Å²) in [5.74, 6) is 0.0522. The van der Waals surface area contributed by atoms with Gasteiger partial charge in [-0.1, -0.05) is 24.3 Å². The number of hydroxylamine groups is 1. The molecule has 0 radical (unpaired) electrons. The summed E-state index contributed by atoms with van der Waals surface area (Å²) in [7, 11) is 0. The van der Waals surface area contributed by atoms with Crippen LogP contribution in [0.15, 0.2) is 48.5 Å². The number of halogens is 3. The second kappa shape index (κ2) is 5.94. The van der Waals surface area contributed by atoms with Gasteiger partial charge in [-0.15, -0.1) is 0 Å². The molecule has 0 saturated heterocycles. The molecule has 0 spiro atoms. The molecule has 0 aliphatic carbocycles. The van der Waals surface area contributed by atoms with Crippen LogP contribution in [0.2, 0.25) is 0 Å². The van der Waals surface area contributed by atoms with E-state index in [4.69, 9.17) is 9.94 Å². The van der Waals surface area contributed by atoms with Crippen LogP contribution in [0.5, 0.6) is 11.5 Å². The highest BCUT2D eigenvalue weighted by Crippen LogP contribution is 2.38. The summed E-state index contributed by atoms with van der Waals surface area (Å²) in [6.07, 6.45) is -4.53. The lowest BCUT2D eigenvalue weighted by Gasteiger charge is -2.15. The fourth-order valence-electron chi connectivity index (χ4n) is 1.70. The molecule has 106 valence electrons. The molecule has 0 aromatic heterocycles. The van der Waals surface area contributed by atoms with E-state index >= 15 is 0 Å². The van der Waals surface area contributed by atoms with Crippen LogP contribution in [0.3, 0.4) is 0 Å². The number of ether oxygens (including phenoxy) is 1. The van der Waals surface area contributed by atoms with Crippen molar-refractivity contribution in [2.75, 3.05) is 0 Å². The first kappa shape index (κ1) is 14.4. The van der Waals surface area contributed by atoms with Crippen LogP contribution in [0.25, 0.3) is 0 Å². The minimum Gasteiger partial charge on any atom is -0.457 e. The number of hydrogen-bond acceptors (Lipinski definition) is 3. The first-order chi connectivity index (χ1) is 9.50. The second-order valence-corrected chi connectivity index (χ2v) is 4.08. The van der Waals surface area contributed by atoms with Crippen LogP contribution in [-0.4, -0.2) is 5.21 Å². The van der Waals surface area contributed by atoms with E-state index in [2.05, 4.69) is 0 Å². The number of para-hydroxylation sites is 1. The Hall–Kier alpha value is -2.05. The van der Waals surface area contributed by atoms with Gasteiger partial charge in [0.1, 0.15) is 11.5 Å². The van der Waals surface area contributed by atoms with Crippen molar-refractivity contribution in [2.24, 2.45) is 0 Å². The molecule has 2 aromatic carbocycles. The molecule has 0 amide bonds. The van der Waals surface area contributed by atoms with Gasteiger partial charge in [0.25, 0.3) is 0 Å². The van der Waals surface area contributed by atoms with E-state index in [-0.39, 0.29) is 12.3 Å². The second-order valence-electron chi connectivity index (χ2n) is 4.08. The Kier molecular flexibility index (Phi) is 4.26. The van der Waals surface area contributed by atoms with Crippen molar-refractivity contribution >= 4 is 0 Å². The van der Waals surface area contributed by atoms with E-state index in [0.717, 1.165) is 6.07 Å². The van der Waals surface area contributed by atoms with Gasteiger partial charge >= 0.3 is 6.18 Å². The molecule has 2 N–H and O–H groups in total. The predicted octanol–water partition coefficient (Wildman–Crippen LogP) is 3.98. The lowest BCUT2D eigenvalue weighted by atomic mass is 10.1. The number of benzene rings is 2. The summed E-state index contributed by atoms with van der Waals surface area (Å²) in [6.45, 7) is -0.0747. The highest BCUT2D eigenvalue weighted by atomic mass is 19.4. The number of rotatable bonds is 4. The maximum atomic E-state index is 13.0. The highest BCUT2D eigenvalue weighted by molar-refractivity contribution is 5.42. The Bertz CT molecular complexity index is 570. The van der Waals surface area contributed by atoms with Gasteiger partial charge in [-0.2, -0.15) is 13.2 Å². The van der Waals surface area contributed by atoms with Crippen molar-refractivity contribution in [1.29, 1.82) is 0 Å². The van der Waals surface area contributed by atoms with Crippen molar-refractivity contribution in [1.82, 2.24) is 5.48 Å². The number of alkyl halides is 3. The van der Waals surface area contributed by atoms with Crippen molar-refractivity contribution in [3.63, 3.8) is 0 Å². The summed E-state index contributed by atoms with van der Waals surface area (Å²) < 4.78 is 44.3. The smallest absolute Gasteiger partial charge is 0.419 e. The van der Waals surface area contributed by atoms with Gasteiger partial charge in [0, 0.05) is 6.54 Å². The van der Waals surface area contributed by atoms with E-state index in [9.17, 15) is 13.2 Å². The van der Waals surface area contributed by atoms with Crippen LogP contribution in [0.4, 0.5) is 13.2 Å². The topological polar surface area (TPSA) is 41.5 Å². The average molecular weight is 283 g/mol. The van der Waals surface area contributed by atoms with Crippen LogP contribution in [-0.2, 0) is 12.7 Å². The molecule has 0 bridgehead atoms. The van der Waals surface area contributed by atoms with Gasteiger partial charge < -0.3 is 9.94 Å². The zero-order valence-corrected chi connectivity index (χ0v) is 10.3. The molecule has 0 unspecified atom stereocenters. The summed E-state index contributed by atoms with van der Waals surface area (Å²) >= 11 is 0. The maximum absolute atomic E-state index is 13.0. The lowest BCUT2D eigenvalue weighted by molar-refractivity contribution is -0.138. The fourth-order valence-corrected chi connectivity index (χ4v) is 1.70. The van der Waals surface area contributed by atoms with E-state index in [1.54, 1.807) is 30.3 Å². The van der Waals surface area contributed by atoms with E-state index < -0.39 is 11.7 Å². The van der Waals surface area contributed by atoms with Crippen molar-refractivity contribution in [2.45, 2.75) is 12.7 Å². The Morgan fingerprint density at radius 3 is 2.35 bits per heavy atom. The molecule has 0 aliphatic rings. The molecule has 0 atom stereocenters. The molecule has 0 saturated carbocycles. The summed E-state index contributed by atoms with van der Waals surface area (Å²) in [5.41, 5.74) is 1.25. The van der Waals surface area contributed by atoms with E-state index in [0.29, 0.717) is 11.3 Å². The molecule has 20 heavy (non-hydrogen) atoms. The van der Waals surface area contributed by atoms with Gasteiger partial charge in [0.05, 0.1) is 5.56 Å². The van der Waals surface area contributed by atoms with E-state index in [1.807, 2.05) is 5.48 Å². The van der Waals surface area contributed by atoms with Crippen molar-refractivity contribution < 1.29 is 23.1 Å². The third kappa shape index (κ3) is 3.49. The molecule has 6 heteroatoms. The first-order valence-electron chi connectivity index (χ1n) is 5.80. The SMILES string of the molecule is ONCc1ccc(Oc2ccccc2)c(C(F)(F)F)c1. The summed E-state index contributed by atoms with van der Waals surface area (Å²) in [5, 5.41) is 8.56. The monoisotopic (exact) mass is 283 g/mol. The maximum Gasteiger partial charge on any atom is 0.419 e. The van der Waals surface area contributed by atoms with Gasteiger partial charge in [-0.25, -0.2) is 5.48 Å². The van der Waals surface area contributed by atoms with Crippen LogP contribution < -0.4 is 10.2 Å². The van der Waals surface area contributed by atoms with Gasteiger partial charge in [0.15, 0.2) is 0 Å². The normalized spacial score (nSPS) is 11.4. The lowest BCUT2D eigenvalue weighted by Crippen LogP contribution is -2.11. The largest absolute Gasteiger partial charge is 0.457 e. The molecule has 0 heterocycles. The summed E-state index contributed by atoms with van der Waals surface area (Å²) in [6, 6.07) is 11.9. The van der Waals surface area contributed by atoms with Crippen molar-refractivity contribution in [3.8, 4) is 11.5 Å². The van der Waals surface area contributed by atoms with E-state index in [1.165, 1.54) is 12.1 Å². The quantitative estimate of drug-likeness (QED) is 0.834. The Morgan fingerprint density at radius 1 is 1.05 bits per heavy atom. The number of nitrogens with one attached hydrogen (secondary N) is 1. The Morgan fingerprint density at radius 2 is 1.75 bits per heavy atom. The van der Waals surface area contributed by atoms with Gasteiger partial charge in [0.2, 0.25) is 0 Å². The summed E-state index contributed by atoms with van der Waals surface area (Å²) in [4.78, 5) is 0. The molecule has 0 fully saturated rings. The predicted molar refractivity (Wildman–Crippen MR) is 66.6 cm³/mol. The van der Waals surface area contributed by atoms with Gasteiger partial charge in [-0.05, 0) is 29.8 Å². The molecule has 0 aliphatic heterocycles. The Labute approximate surface area is 113 Å². The zero-order chi connectivity index (χ0) is 14.6. The standard InChI is InChI=1S/C14H12F3NO2/c15-14(16,17)12-8-10(9-18-19)6-7-13(12)20-11-4-2-1-3-5-11/h1-8,18-19H,9H2. The molecular weight excluding hydrogens is 271 g/mol. The minimum absolute atomic E-state index is 0.0747. The van der Waals surface area contributed by atoms with Gasteiger partial charge in [-0.3, -0.25) is 0 Å². The molecular formula is C14H12F3NO2. The first-order valence-corrected chi connectivity index (χ1v) is 5.80. The molecule has 2 rings (SSSR count). The fraction of sp³-hybridized carbons (Fsp3) is 0.143. The van der Waals surface area contributed by atoms with Crippen LogP contribution in [0, 0.1) is 0 Å². The Balaban J connectivity index is 2.37. The molecule has 2 aromatic rings. The highest BCUT2D eigenvalue weighted by Gasteiger charge is 2.34. The van der Waals surface area contributed by atoms with Crippen LogP contribution in [0.1, 0.15) is 11.1 Å². The van der Waals surface area contributed by atoms with Crippen LogP contribution >= 0.6 is 0 Å². The zero-order valence-electron chi connectivity index (χ0n) is 10.3. The van der Waals surface area contributed by atoms with Crippen molar-refractivity contribution in [3.05, 3.63) is 59.7 Å². The third-order valence-electron chi connectivity index (χ3n) is 2.60. The molecule has 3 nitrogen and oxygen atoms in total.